The summed E-state index contributed by atoms with van der Waals surface area (Å²) < 4.78 is 7.52. The number of hydrogen-bond donors (Lipinski definition) is 1. The summed E-state index contributed by atoms with van der Waals surface area (Å²) in [7, 11) is 2.06. The first kappa shape index (κ1) is 7.83. The van der Waals surface area contributed by atoms with Crippen molar-refractivity contribution in [2.75, 3.05) is 19.8 Å². The quantitative estimate of drug-likeness (QED) is 0.664. The average Bonchev–Trinajstić information content (AvgIpc) is 2.53. The zero-order valence-corrected chi connectivity index (χ0v) is 7.29. The maximum Gasteiger partial charge on any atom is 0.0713 e. The van der Waals surface area contributed by atoms with E-state index < -0.39 is 0 Å². The average molecular weight is 166 g/mol. The van der Waals surface area contributed by atoms with Crippen LogP contribution in [0.15, 0.2) is 18.3 Å². The van der Waals surface area contributed by atoms with Crippen molar-refractivity contribution in [3.8, 4) is 0 Å². The lowest BCUT2D eigenvalue weighted by atomic mass is 10.2. The Morgan fingerprint density at radius 3 is 3.17 bits per heavy atom. The Morgan fingerprint density at radius 2 is 2.58 bits per heavy atom. The SMILES string of the molecule is Cn1cccc1C1COCCN1. The van der Waals surface area contributed by atoms with Gasteiger partial charge in [0.1, 0.15) is 0 Å². The third-order valence-corrected chi connectivity index (χ3v) is 2.26. The zero-order valence-electron chi connectivity index (χ0n) is 7.29. The molecule has 1 saturated heterocycles. The number of morpholine rings is 1. The van der Waals surface area contributed by atoms with Crippen molar-refractivity contribution in [1.82, 2.24) is 9.88 Å². The van der Waals surface area contributed by atoms with Gasteiger partial charge < -0.3 is 14.6 Å². The second kappa shape index (κ2) is 3.29. The van der Waals surface area contributed by atoms with Crippen molar-refractivity contribution in [3.63, 3.8) is 0 Å². The minimum absolute atomic E-state index is 0.374. The van der Waals surface area contributed by atoms with Gasteiger partial charge in [-0.2, -0.15) is 0 Å². The first-order chi connectivity index (χ1) is 5.88. The van der Waals surface area contributed by atoms with Crippen LogP contribution in [0.1, 0.15) is 11.7 Å². The molecule has 1 atom stereocenters. The van der Waals surface area contributed by atoms with E-state index in [4.69, 9.17) is 4.74 Å². The molecule has 0 saturated carbocycles. The lowest BCUT2D eigenvalue weighted by Gasteiger charge is -2.24. The molecule has 2 heterocycles. The molecule has 1 aromatic rings. The van der Waals surface area contributed by atoms with E-state index in [1.54, 1.807) is 0 Å². The third-order valence-electron chi connectivity index (χ3n) is 2.26. The highest BCUT2D eigenvalue weighted by atomic mass is 16.5. The van der Waals surface area contributed by atoms with E-state index in [0.29, 0.717) is 6.04 Å². The summed E-state index contributed by atoms with van der Waals surface area (Å²) >= 11 is 0. The van der Waals surface area contributed by atoms with Crippen molar-refractivity contribution in [3.05, 3.63) is 24.0 Å². The van der Waals surface area contributed by atoms with Gasteiger partial charge >= 0.3 is 0 Å². The Bertz CT molecular complexity index is 251. The Labute approximate surface area is 72.3 Å². The molecule has 12 heavy (non-hydrogen) atoms. The molecule has 3 nitrogen and oxygen atoms in total. The van der Waals surface area contributed by atoms with Crippen LogP contribution in [0.25, 0.3) is 0 Å². The van der Waals surface area contributed by atoms with Crippen molar-refractivity contribution < 1.29 is 4.74 Å². The van der Waals surface area contributed by atoms with Crippen molar-refractivity contribution in [2.24, 2.45) is 7.05 Å². The minimum atomic E-state index is 0.374. The highest BCUT2D eigenvalue weighted by molar-refractivity contribution is 5.12. The molecule has 0 spiro atoms. The Hall–Kier alpha value is -0.800. The molecular weight excluding hydrogens is 152 g/mol. The Kier molecular flexibility index (Phi) is 2.15. The predicted molar refractivity (Wildman–Crippen MR) is 47.0 cm³/mol. The van der Waals surface area contributed by atoms with Gasteiger partial charge in [-0.05, 0) is 12.1 Å². The molecule has 2 rings (SSSR count). The second-order valence-corrected chi connectivity index (χ2v) is 3.13. The number of nitrogens with zero attached hydrogens (tertiary/aromatic N) is 1. The maximum atomic E-state index is 5.39. The third kappa shape index (κ3) is 1.38. The Balaban J connectivity index is 2.13. The summed E-state index contributed by atoms with van der Waals surface area (Å²) in [6, 6.07) is 4.57. The number of hydrogen-bond acceptors (Lipinski definition) is 2. The van der Waals surface area contributed by atoms with Gasteiger partial charge in [0.25, 0.3) is 0 Å². The van der Waals surface area contributed by atoms with Crippen LogP contribution in [0.3, 0.4) is 0 Å². The molecule has 1 fully saturated rings. The Morgan fingerprint density at radius 1 is 1.67 bits per heavy atom. The van der Waals surface area contributed by atoms with E-state index >= 15 is 0 Å². The van der Waals surface area contributed by atoms with E-state index in [1.807, 2.05) is 0 Å². The number of rotatable bonds is 1. The van der Waals surface area contributed by atoms with Crippen LogP contribution in [-0.4, -0.2) is 24.3 Å². The molecule has 66 valence electrons. The fraction of sp³-hybridized carbons (Fsp3) is 0.556. The lowest BCUT2D eigenvalue weighted by molar-refractivity contribution is 0.0747. The van der Waals surface area contributed by atoms with Gasteiger partial charge in [-0.3, -0.25) is 0 Å². The monoisotopic (exact) mass is 166 g/mol. The van der Waals surface area contributed by atoms with E-state index in [0.717, 1.165) is 19.8 Å². The van der Waals surface area contributed by atoms with Crippen LogP contribution in [0.2, 0.25) is 0 Å². The maximum absolute atomic E-state index is 5.39. The molecule has 0 bridgehead atoms. The van der Waals surface area contributed by atoms with Crippen LogP contribution in [0, 0.1) is 0 Å². The van der Waals surface area contributed by atoms with Gasteiger partial charge in [0, 0.05) is 25.5 Å². The first-order valence-electron chi connectivity index (χ1n) is 4.30. The normalized spacial score (nSPS) is 24.2. The summed E-state index contributed by atoms with van der Waals surface area (Å²) in [4.78, 5) is 0. The largest absolute Gasteiger partial charge is 0.378 e. The van der Waals surface area contributed by atoms with E-state index in [1.165, 1.54) is 5.69 Å². The fourth-order valence-electron chi connectivity index (χ4n) is 1.59. The van der Waals surface area contributed by atoms with E-state index in [9.17, 15) is 0 Å². The topological polar surface area (TPSA) is 26.2 Å². The van der Waals surface area contributed by atoms with Crippen LogP contribution in [0.4, 0.5) is 0 Å². The minimum Gasteiger partial charge on any atom is -0.378 e. The molecule has 1 aliphatic rings. The standard InChI is InChI=1S/C9H14N2O/c1-11-5-2-3-9(11)8-7-12-6-4-10-8/h2-3,5,8,10H,4,6-7H2,1H3. The van der Waals surface area contributed by atoms with Crippen molar-refractivity contribution >= 4 is 0 Å². The van der Waals surface area contributed by atoms with Crippen molar-refractivity contribution in [1.29, 1.82) is 0 Å². The molecular formula is C9H14N2O. The molecule has 1 unspecified atom stereocenters. The number of nitrogens with one attached hydrogen (secondary N) is 1. The lowest BCUT2D eigenvalue weighted by Crippen LogP contribution is -2.35. The number of aromatic nitrogens is 1. The summed E-state index contributed by atoms with van der Waals surface area (Å²) in [5.74, 6) is 0. The van der Waals surface area contributed by atoms with Gasteiger partial charge in [0.2, 0.25) is 0 Å². The van der Waals surface area contributed by atoms with Crippen LogP contribution < -0.4 is 5.32 Å². The molecule has 1 N–H and O–H groups in total. The first-order valence-corrected chi connectivity index (χ1v) is 4.30. The van der Waals surface area contributed by atoms with E-state index in [2.05, 4.69) is 35.3 Å². The van der Waals surface area contributed by atoms with Gasteiger partial charge in [-0.1, -0.05) is 0 Å². The molecule has 1 aromatic heterocycles. The van der Waals surface area contributed by atoms with Crippen LogP contribution >= 0.6 is 0 Å². The van der Waals surface area contributed by atoms with Crippen molar-refractivity contribution in [2.45, 2.75) is 6.04 Å². The predicted octanol–water partition coefficient (Wildman–Crippen LogP) is 0.686. The molecule has 3 heteroatoms. The molecule has 0 aromatic carbocycles. The fourth-order valence-corrected chi connectivity index (χ4v) is 1.59. The highest BCUT2D eigenvalue weighted by Gasteiger charge is 2.16. The van der Waals surface area contributed by atoms with Gasteiger partial charge in [0.05, 0.1) is 19.3 Å². The zero-order chi connectivity index (χ0) is 8.39. The summed E-state index contributed by atoms with van der Waals surface area (Å²) in [6.07, 6.45) is 2.06. The summed E-state index contributed by atoms with van der Waals surface area (Å²) in [5.41, 5.74) is 1.30. The van der Waals surface area contributed by atoms with E-state index in [-0.39, 0.29) is 0 Å². The molecule has 0 aliphatic carbocycles. The highest BCUT2D eigenvalue weighted by Crippen LogP contribution is 2.14. The number of ether oxygens (including phenoxy) is 1. The molecule has 0 radical (unpaired) electrons. The summed E-state index contributed by atoms with van der Waals surface area (Å²) in [5, 5.41) is 3.42. The van der Waals surface area contributed by atoms with Gasteiger partial charge in [-0.25, -0.2) is 0 Å². The summed E-state index contributed by atoms with van der Waals surface area (Å²) in [6.45, 7) is 2.58. The smallest absolute Gasteiger partial charge is 0.0713 e. The second-order valence-electron chi connectivity index (χ2n) is 3.13. The van der Waals surface area contributed by atoms with Crippen LogP contribution in [0.5, 0.6) is 0 Å². The molecule has 1 aliphatic heterocycles. The van der Waals surface area contributed by atoms with Gasteiger partial charge in [-0.15, -0.1) is 0 Å². The van der Waals surface area contributed by atoms with Gasteiger partial charge in [0.15, 0.2) is 0 Å². The molecule has 0 amide bonds. The number of aryl methyl sites for hydroxylation is 1. The van der Waals surface area contributed by atoms with Crippen LogP contribution in [-0.2, 0) is 11.8 Å².